The summed E-state index contributed by atoms with van der Waals surface area (Å²) in [5.74, 6) is 4.87. The second-order valence-corrected chi connectivity index (χ2v) is 4.64. The summed E-state index contributed by atoms with van der Waals surface area (Å²) in [4.78, 5) is 15.6. The van der Waals surface area contributed by atoms with Crippen molar-refractivity contribution in [3.8, 4) is 0 Å². The molecule has 21 heavy (non-hydrogen) atoms. The van der Waals surface area contributed by atoms with Gasteiger partial charge in [0.2, 0.25) is 0 Å². The number of hydrazine groups is 1. The summed E-state index contributed by atoms with van der Waals surface area (Å²) < 4.78 is 5.64. The average molecular weight is 285 g/mol. The molecule has 0 spiro atoms. The van der Waals surface area contributed by atoms with Gasteiger partial charge in [-0.05, 0) is 42.2 Å². The Balaban J connectivity index is 1.77. The summed E-state index contributed by atoms with van der Waals surface area (Å²) in [6.45, 7) is 1.04. The largest absolute Gasteiger partial charge is 0.377 e. The van der Waals surface area contributed by atoms with Gasteiger partial charge in [-0.25, -0.2) is 5.84 Å². The lowest BCUT2D eigenvalue weighted by molar-refractivity contribution is 0.0938. The maximum atomic E-state index is 11.6. The number of carbonyl (C=O) groups excluding carboxylic acids is 1. The summed E-state index contributed by atoms with van der Waals surface area (Å²) in [5, 5.41) is 0. The van der Waals surface area contributed by atoms with Crippen LogP contribution >= 0.6 is 0 Å². The molecule has 110 valence electrons. The highest BCUT2D eigenvalue weighted by Crippen LogP contribution is 2.10. The third-order valence-electron chi connectivity index (χ3n) is 3.15. The molecule has 1 aromatic carbocycles. The fourth-order valence-electron chi connectivity index (χ4n) is 2.06. The quantitative estimate of drug-likeness (QED) is 0.352. The lowest BCUT2D eigenvalue weighted by atomic mass is 10.1. The van der Waals surface area contributed by atoms with Gasteiger partial charge >= 0.3 is 0 Å². The molecule has 0 radical (unpaired) electrons. The van der Waals surface area contributed by atoms with E-state index in [9.17, 15) is 4.79 Å². The van der Waals surface area contributed by atoms with Gasteiger partial charge in [-0.3, -0.25) is 15.2 Å². The van der Waals surface area contributed by atoms with Crippen molar-refractivity contribution in [1.82, 2.24) is 10.4 Å². The van der Waals surface area contributed by atoms with Crippen molar-refractivity contribution in [2.24, 2.45) is 5.84 Å². The predicted octanol–water partition coefficient (Wildman–Crippen LogP) is 1.83. The molecule has 1 heterocycles. The number of carbonyl (C=O) groups is 1. The zero-order valence-corrected chi connectivity index (χ0v) is 11.8. The van der Waals surface area contributed by atoms with E-state index in [1.165, 1.54) is 5.56 Å². The monoisotopic (exact) mass is 285 g/mol. The highest BCUT2D eigenvalue weighted by molar-refractivity contribution is 5.95. The lowest BCUT2D eigenvalue weighted by Crippen LogP contribution is -2.30. The maximum absolute atomic E-state index is 11.6. The number of nitrogens with two attached hydrogens (primary N) is 1. The van der Waals surface area contributed by atoms with E-state index in [-0.39, 0.29) is 5.91 Å². The fourth-order valence-corrected chi connectivity index (χ4v) is 2.06. The molecule has 0 saturated heterocycles. The maximum Gasteiger partial charge on any atom is 0.265 e. The Morgan fingerprint density at radius 1 is 1.19 bits per heavy atom. The SMILES string of the molecule is NNC(=O)c1ccccc1COCCCc1ccncc1. The fraction of sp³-hybridized carbons (Fsp3) is 0.250. The van der Waals surface area contributed by atoms with Crippen LogP contribution in [0, 0.1) is 0 Å². The molecular formula is C16H19N3O2. The molecular weight excluding hydrogens is 266 g/mol. The molecule has 0 atom stereocenters. The Labute approximate surface area is 124 Å². The average Bonchev–Trinajstić information content (AvgIpc) is 2.55. The van der Waals surface area contributed by atoms with Gasteiger partial charge in [-0.15, -0.1) is 0 Å². The molecule has 2 aromatic rings. The van der Waals surface area contributed by atoms with Crippen LogP contribution in [-0.4, -0.2) is 17.5 Å². The van der Waals surface area contributed by atoms with Gasteiger partial charge in [0.15, 0.2) is 0 Å². The number of pyridine rings is 1. The summed E-state index contributed by atoms with van der Waals surface area (Å²) in [5.41, 5.74) is 4.78. The van der Waals surface area contributed by atoms with Gasteiger partial charge in [0, 0.05) is 24.6 Å². The molecule has 0 aliphatic carbocycles. The van der Waals surface area contributed by atoms with Crippen molar-refractivity contribution >= 4 is 5.91 Å². The minimum absolute atomic E-state index is 0.300. The Kier molecular flexibility index (Phi) is 5.87. The molecule has 5 nitrogen and oxygen atoms in total. The molecule has 0 fully saturated rings. The molecule has 0 unspecified atom stereocenters. The van der Waals surface area contributed by atoms with Crippen LogP contribution in [0.3, 0.4) is 0 Å². The first kappa shape index (κ1) is 15.2. The Hall–Kier alpha value is -2.24. The van der Waals surface area contributed by atoms with Crippen LogP contribution in [0.15, 0.2) is 48.8 Å². The number of ether oxygens (including phenoxy) is 1. The third-order valence-corrected chi connectivity index (χ3v) is 3.15. The van der Waals surface area contributed by atoms with Gasteiger partial charge in [0.25, 0.3) is 5.91 Å². The number of amides is 1. The van der Waals surface area contributed by atoms with E-state index in [4.69, 9.17) is 10.6 Å². The van der Waals surface area contributed by atoms with Crippen molar-refractivity contribution in [3.63, 3.8) is 0 Å². The van der Waals surface area contributed by atoms with Gasteiger partial charge in [-0.2, -0.15) is 0 Å². The van der Waals surface area contributed by atoms with Crippen molar-refractivity contribution in [3.05, 3.63) is 65.5 Å². The van der Waals surface area contributed by atoms with Crippen LogP contribution in [0.1, 0.15) is 27.9 Å². The lowest BCUT2D eigenvalue weighted by Gasteiger charge is -2.09. The Bertz CT molecular complexity index is 573. The van der Waals surface area contributed by atoms with Crippen LogP contribution in [-0.2, 0) is 17.8 Å². The number of aromatic nitrogens is 1. The second-order valence-electron chi connectivity index (χ2n) is 4.64. The van der Waals surface area contributed by atoms with E-state index in [1.54, 1.807) is 24.5 Å². The Morgan fingerprint density at radius 3 is 2.71 bits per heavy atom. The third kappa shape index (κ3) is 4.66. The van der Waals surface area contributed by atoms with Gasteiger partial charge in [-0.1, -0.05) is 18.2 Å². The minimum atomic E-state index is -0.300. The van der Waals surface area contributed by atoms with E-state index >= 15 is 0 Å². The first-order valence-electron chi connectivity index (χ1n) is 6.87. The molecule has 0 bridgehead atoms. The van der Waals surface area contributed by atoms with Crippen molar-refractivity contribution in [1.29, 1.82) is 0 Å². The number of aryl methyl sites for hydroxylation is 1. The number of hydrogen-bond donors (Lipinski definition) is 2. The Morgan fingerprint density at radius 2 is 1.95 bits per heavy atom. The van der Waals surface area contributed by atoms with Crippen LogP contribution in [0.5, 0.6) is 0 Å². The van der Waals surface area contributed by atoms with E-state index in [0.29, 0.717) is 18.8 Å². The molecule has 5 heteroatoms. The van der Waals surface area contributed by atoms with E-state index in [1.807, 2.05) is 24.3 Å². The van der Waals surface area contributed by atoms with Crippen molar-refractivity contribution < 1.29 is 9.53 Å². The van der Waals surface area contributed by atoms with Gasteiger partial charge < -0.3 is 4.74 Å². The zero-order valence-electron chi connectivity index (χ0n) is 11.8. The molecule has 0 saturated carbocycles. The number of hydrogen-bond acceptors (Lipinski definition) is 4. The van der Waals surface area contributed by atoms with E-state index < -0.39 is 0 Å². The van der Waals surface area contributed by atoms with Crippen LogP contribution in [0.25, 0.3) is 0 Å². The topological polar surface area (TPSA) is 77.2 Å². The highest BCUT2D eigenvalue weighted by atomic mass is 16.5. The molecule has 2 rings (SSSR count). The summed E-state index contributed by atoms with van der Waals surface area (Å²) in [6.07, 6.45) is 5.46. The number of benzene rings is 1. The molecule has 3 N–H and O–H groups in total. The molecule has 0 aliphatic rings. The number of nitrogens with zero attached hydrogens (tertiary/aromatic N) is 1. The number of rotatable bonds is 7. The second kappa shape index (κ2) is 8.14. The summed E-state index contributed by atoms with van der Waals surface area (Å²) >= 11 is 0. The highest BCUT2D eigenvalue weighted by Gasteiger charge is 2.08. The number of nitrogens with one attached hydrogen (secondary N) is 1. The standard InChI is InChI=1S/C16H19N3O2/c17-19-16(20)15-6-2-1-5-14(15)12-21-11-3-4-13-7-9-18-10-8-13/h1-2,5-10H,3-4,11-12,17H2,(H,19,20). The molecule has 1 aromatic heterocycles. The van der Waals surface area contributed by atoms with Crippen LogP contribution in [0.2, 0.25) is 0 Å². The van der Waals surface area contributed by atoms with E-state index in [2.05, 4.69) is 10.4 Å². The smallest absolute Gasteiger partial charge is 0.265 e. The minimum Gasteiger partial charge on any atom is -0.377 e. The molecule has 1 amide bonds. The predicted molar refractivity (Wildman–Crippen MR) is 80.3 cm³/mol. The summed E-state index contributed by atoms with van der Waals surface area (Å²) in [7, 11) is 0. The first-order chi connectivity index (χ1) is 10.3. The summed E-state index contributed by atoms with van der Waals surface area (Å²) in [6, 6.07) is 11.3. The first-order valence-corrected chi connectivity index (χ1v) is 6.87. The van der Waals surface area contributed by atoms with E-state index in [0.717, 1.165) is 18.4 Å². The van der Waals surface area contributed by atoms with Gasteiger partial charge in [0.1, 0.15) is 0 Å². The van der Waals surface area contributed by atoms with Crippen LogP contribution < -0.4 is 11.3 Å². The van der Waals surface area contributed by atoms with Gasteiger partial charge in [0.05, 0.1) is 6.61 Å². The van der Waals surface area contributed by atoms with Crippen LogP contribution in [0.4, 0.5) is 0 Å². The molecule has 0 aliphatic heterocycles. The number of nitrogen functional groups attached to an aromatic ring is 1. The van der Waals surface area contributed by atoms with Crippen molar-refractivity contribution in [2.75, 3.05) is 6.61 Å². The van der Waals surface area contributed by atoms with Crippen molar-refractivity contribution in [2.45, 2.75) is 19.4 Å². The zero-order chi connectivity index (χ0) is 14.9. The normalized spacial score (nSPS) is 10.3.